The zero-order valence-corrected chi connectivity index (χ0v) is 14.5. The van der Waals surface area contributed by atoms with Crippen LogP contribution < -0.4 is 4.74 Å². The third-order valence-electron chi connectivity index (χ3n) is 4.41. The molecule has 3 nitrogen and oxygen atoms in total. The maximum absolute atomic E-state index is 5.99. The first kappa shape index (κ1) is 15.5. The summed E-state index contributed by atoms with van der Waals surface area (Å²) in [7, 11) is 1.71. The number of aromatic nitrogens is 1. The molecule has 0 atom stereocenters. The fourth-order valence-electron chi connectivity index (χ4n) is 3.25. The maximum atomic E-state index is 5.99. The van der Waals surface area contributed by atoms with E-state index in [1.807, 2.05) is 36.4 Å². The number of hydrogen-bond donors (Lipinski definition) is 0. The number of fused-ring (bicyclic) bond motifs is 1. The van der Waals surface area contributed by atoms with Crippen molar-refractivity contribution in [3.8, 4) is 28.3 Å². The Morgan fingerprint density at radius 2 is 1.52 bits per heavy atom. The number of hydrogen-bond acceptors (Lipinski definition) is 3. The van der Waals surface area contributed by atoms with Gasteiger partial charge in [0.1, 0.15) is 11.3 Å². The van der Waals surface area contributed by atoms with Crippen LogP contribution >= 0.6 is 0 Å². The summed E-state index contributed by atoms with van der Waals surface area (Å²) in [6, 6.07) is 20.4. The van der Waals surface area contributed by atoms with E-state index in [9.17, 15) is 0 Å². The Morgan fingerprint density at radius 3 is 2.20 bits per heavy atom. The second-order valence-corrected chi connectivity index (χ2v) is 6.21. The third-order valence-corrected chi connectivity index (χ3v) is 4.41. The molecule has 1 heterocycles. The van der Waals surface area contributed by atoms with E-state index >= 15 is 0 Å². The van der Waals surface area contributed by atoms with Crippen molar-refractivity contribution in [3.63, 3.8) is 0 Å². The van der Waals surface area contributed by atoms with Crippen LogP contribution in [0.2, 0.25) is 0 Å². The van der Waals surface area contributed by atoms with Crippen molar-refractivity contribution in [3.05, 3.63) is 71.8 Å². The number of methoxy groups -OCH3 is 1. The van der Waals surface area contributed by atoms with Gasteiger partial charge in [-0.05, 0) is 72.5 Å². The highest BCUT2D eigenvalue weighted by molar-refractivity contribution is 5.82. The van der Waals surface area contributed by atoms with Crippen molar-refractivity contribution in [2.24, 2.45) is 0 Å². The summed E-state index contributed by atoms with van der Waals surface area (Å²) >= 11 is 0. The Hall–Kier alpha value is -3.07. The summed E-state index contributed by atoms with van der Waals surface area (Å²) in [6.45, 7) is 4.13. The van der Waals surface area contributed by atoms with Gasteiger partial charge in [0.05, 0.1) is 7.11 Å². The lowest BCUT2D eigenvalue weighted by molar-refractivity contribution is 0.408. The molecule has 4 rings (SSSR count). The first-order chi connectivity index (χ1) is 12.2. The lowest BCUT2D eigenvalue weighted by atomic mass is 9.99. The number of aryl methyl sites for hydroxylation is 2. The Balaban J connectivity index is 1.79. The van der Waals surface area contributed by atoms with Gasteiger partial charge in [0.25, 0.3) is 0 Å². The quantitative estimate of drug-likeness (QED) is 0.477. The molecule has 0 spiro atoms. The van der Waals surface area contributed by atoms with Gasteiger partial charge in [0.15, 0.2) is 5.58 Å². The standard InChI is InChI=1S/C22H19NO2/c1-14-11-18(12-15(2)21(14)24-3)17-9-10-19-20(13-17)25-22(23-19)16-7-5-4-6-8-16/h4-13H,1-3H3. The largest absolute Gasteiger partial charge is 0.496 e. The van der Waals surface area contributed by atoms with Crippen LogP contribution in [0.25, 0.3) is 33.7 Å². The van der Waals surface area contributed by atoms with Gasteiger partial charge < -0.3 is 9.15 Å². The van der Waals surface area contributed by atoms with Crippen LogP contribution in [0, 0.1) is 13.8 Å². The summed E-state index contributed by atoms with van der Waals surface area (Å²) in [5.74, 6) is 1.59. The Morgan fingerprint density at radius 1 is 0.800 bits per heavy atom. The minimum Gasteiger partial charge on any atom is -0.496 e. The minimum absolute atomic E-state index is 0.648. The number of rotatable bonds is 3. The van der Waals surface area contributed by atoms with Crippen LogP contribution in [-0.2, 0) is 0 Å². The Labute approximate surface area is 146 Å². The van der Waals surface area contributed by atoms with E-state index in [2.05, 4.69) is 43.1 Å². The molecule has 0 N–H and O–H groups in total. The van der Waals surface area contributed by atoms with Crippen molar-refractivity contribution < 1.29 is 9.15 Å². The van der Waals surface area contributed by atoms with Gasteiger partial charge in [-0.2, -0.15) is 0 Å². The van der Waals surface area contributed by atoms with E-state index in [0.717, 1.165) is 44.7 Å². The van der Waals surface area contributed by atoms with Crippen molar-refractivity contribution in [2.45, 2.75) is 13.8 Å². The van der Waals surface area contributed by atoms with Crippen molar-refractivity contribution in [1.82, 2.24) is 4.98 Å². The molecule has 0 aliphatic heterocycles. The van der Waals surface area contributed by atoms with Gasteiger partial charge in [-0.25, -0.2) is 4.98 Å². The van der Waals surface area contributed by atoms with E-state index < -0.39 is 0 Å². The van der Waals surface area contributed by atoms with Gasteiger partial charge in [-0.3, -0.25) is 0 Å². The number of oxazole rings is 1. The molecular weight excluding hydrogens is 310 g/mol. The van der Waals surface area contributed by atoms with Crippen LogP contribution in [0.5, 0.6) is 5.75 Å². The molecule has 4 aromatic rings. The predicted molar refractivity (Wildman–Crippen MR) is 101 cm³/mol. The molecule has 3 aromatic carbocycles. The normalized spacial score (nSPS) is 11.0. The van der Waals surface area contributed by atoms with E-state index in [1.54, 1.807) is 7.11 Å². The van der Waals surface area contributed by atoms with E-state index in [0.29, 0.717) is 5.89 Å². The molecule has 0 radical (unpaired) electrons. The first-order valence-corrected chi connectivity index (χ1v) is 8.27. The predicted octanol–water partition coefficient (Wildman–Crippen LogP) is 5.79. The molecule has 124 valence electrons. The van der Waals surface area contributed by atoms with Crippen LogP contribution in [0.15, 0.2) is 65.1 Å². The molecule has 0 aliphatic rings. The fraction of sp³-hybridized carbons (Fsp3) is 0.136. The second-order valence-electron chi connectivity index (χ2n) is 6.21. The monoisotopic (exact) mass is 329 g/mol. The third kappa shape index (κ3) is 2.78. The Bertz CT molecular complexity index is 1030. The lowest BCUT2D eigenvalue weighted by Gasteiger charge is -2.11. The van der Waals surface area contributed by atoms with Gasteiger partial charge in [-0.15, -0.1) is 0 Å². The Kier molecular flexibility index (Phi) is 3.77. The highest BCUT2D eigenvalue weighted by Gasteiger charge is 2.11. The average molecular weight is 329 g/mol. The highest BCUT2D eigenvalue weighted by atomic mass is 16.5. The molecule has 3 heteroatoms. The lowest BCUT2D eigenvalue weighted by Crippen LogP contribution is -1.92. The van der Waals surface area contributed by atoms with E-state index in [-0.39, 0.29) is 0 Å². The topological polar surface area (TPSA) is 35.3 Å². The van der Waals surface area contributed by atoms with Crippen LogP contribution in [0.1, 0.15) is 11.1 Å². The minimum atomic E-state index is 0.648. The highest BCUT2D eigenvalue weighted by Crippen LogP contribution is 2.32. The molecule has 0 fully saturated rings. The van der Waals surface area contributed by atoms with Crippen molar-refractivity contribution in [1.29, 1.82) is 0 Å². The van der Waals surface area contributed by atoms with Gasteiger partial charge in [-0.1, -0.05) is 24.3 Å². The van der Waals surface area contributed by atoms with Gasteiger partial charge in [0, 0.05) is 5.56 Å². The van der Waals surface area contributed by atoms with E-state index in [1.165, 1.54) is 0 Å². The summed E-state index contributed by atoms with van der Waals surface area (Å²) < 4.78 is 11.4. The molecule has 25 heavy (non-hydrogen) atoms. The fourth-order valence-corrected chi connectivity index (χ4v) is 3.25. The summed E-state index contributed by atoms with van der Waals surface area (Å²) in [5, 5.41) is 0. The second kappa shape index (κ2) is 6.10. The molecule has 0 saturated heterocycles. The van der Waals surface area contributed by atoms with Gasteiger partial charge >= 0.3 is 0 Å². The molecular formula is C22H19NO2. The maximum Gasteiger partial charge on any atom is 0.227 e. The average Bonchev–Trinajstić information content (AvgIpc) is 3.05. The van der Waals surface area contributed by atoms with Gasteiger partial charge in [0.2, 0.25) is 5.89 Å². The molecule has 0 aliphatic carbocycles. The van der Waals surface area contributed by atoms with Crippen molar-refractivity contribution in [2.75, 3.05) is 7.11 Å². The number of ether oxygens (including phenoxy) is 1. The molecule has 0 bridgehead atoms. The molecule has 0 amide bonds. The van der Waals surface area contributed by atoms with Crippen LogP contribution in [-0.4, -0.2) is 12.1 Å². The zero-order valence-electron chi connectivity index (χ0n) is 14.5. The SMILES string of the molecule is COc1c(C)cc(-c2ccc3nc(-c4ccccc4)oc3c2)cc1C. The molecule has 0 saturated carbocycles. The first-order valence-electron chi connectivity index (χ1n) is 8.27. The van der Waals surface area contributed by atoms with E-state index in [4.69, 9.17) is 9.15 Å². The summed E-state index contributed by atoms with van der Waals surface area (Å²) in [5.41, 5.74) is 7.15. The van der Waals surface area contributed by atoms with Crippen LogP contribution in [0.3, 0.4) is 0 Å². The zero-order chi connectivity index (χ0) is 17.4. The summed E-state index contributed by atoms with van der Waals surface area (Å²) in [4.78, 5) is 4.59. The summed E-state index contributed by atoms with van der Waals surface area (Å²) in [6.07, 6.45) is 0. The smallest absolute Gasteiger partial charge is 0.227 e. The molecule has 0 unspecified atom stereocenters. The molecule has 1 aromatic heterocycles. The van der Waals surface area contributed by atoms with Crippen molar-refractivity contribution >= 4 is 11.1 Å². The number of benzene rings is 3. The van der Waals surface area contributed by atoms with Crippen LogP contribution in [0.4, 0.5) is 0 Å². The number of nitrogens with zero attached hydrogens (tertiary/aromatic N) is 1.